The first-order valence-electron chi connectivity index (χ1n) is 6.62. The van der Waals surface area contributed by atoms with Crippen LogP contribution >= 0.6 is 11.3 Å². The standard InChI is InChI=1S/C13H18N2O3S/c16-10(17)6-3-7-14-13(18)12-11(15-8-19-12)9-4-1-2-5-9/h8-9H,1-7H2,(H,14,18)(H,16,17). The fraction of sp³-hybridized carbons (Fsp3) is 0.615. The van der Waals surface area contributed by atoms with E-state index < -0.39 is 5.97 Å². The SMILES string of the molecule is O=C(O)CCCNC(=O)c1scnc1C1CCCC1. The first-order valence-corrected chi connectivity index (χ1v) is 7.50. The van der Waals surface area contributed by atoms with Crippen molar-refractivity contribution >= 4 is 23.2 Å². The number of rotatable bonds is 6. The van der Waals surface area contributed by atoms with Gasteiger partial charge in [0.2, 0.25) is 0 Å². The number of aliphatic carboxylic acids is 1. The molecule has 1 aromatic rings. The van der Waals surface area contributed by atoms with Crippen LogP contribution in [0, 0.1) is 0 Å². The summed E-state index contributed by atoms with van der Waals surface area (Å²) in [5, 5.41) is 11.3. The molecular weight excluding hydrogens is 264 g/mol. The van der Waals surface area contributed by atoms with Crippen LogP contribution in [0.5, 0.6) is 0 Å². The van der Waals surface area contributed by atoms with Crippen LogP contribution in [0.4, 0.5) is 0 Å². The van der Waals surface area contributed by atoms with Gasteiger partial charge < -0.3 is 10.4 Å². The number of thiazole rings is 1. The van der Waals surface area contributed by atoms with Gasteiger partial charge in [0.15, 0.2) is 0 Å². The summed E-state index contributed by atoms with van der Waals surface area (Å²) >= 11 is 1.37. The minimum Gasteiger partial charge on any atom is -0.481 e. The Morgan fingerprint density at radius 3 is 2.84 bits per heavy atom. The lowest BCUT2D eigenvalue weighted by molar-refractivity contribution is -0.137. The van der Waals surface area contributed by atoms with Crippen molar-refractivity contribution in [1.82, 2.24) is 10.3 Å². The second-order valence-corrected chi connectivity index (χ2v) is 5.66. The predicted molar refractivity (Wildman–Crippen MR) is 72.5 cm³/mol. The molecule has 1 saturated carbocycles. The first-order chi connectivity index (χ1) is 9.18. The molecule has 0 saturated heterocycles. The Bertz CT molecular complexity index is 452. The minimum absolute atomic E-state index is 0.0818. The maximum atomic E-state index is 12.0. The van der Waals surface area contributed by atoms with Crippen LogP contribution in [0.3, 0.4) is 0 Å². The second-order valence-electron chi connectivity index (χ2n) is 4.80. The Hall–Kier alpha value is -1.43. The lowest BCUT2D eigenvalue weighted by Crippen LogP contribution is -2.25. The molecule has 6 heteroatoms. The molecule has 0 aromatic carbocycles. The number of nitrogens with zero attached hydrogens (tertiary/aromatic N) is 1. The number of carboxylic acids is 1. The summed E-state index contributed by atoms with van der Waals surface area (Å²) in [6.45, 7) is 0.396. The molecule has 1 amide bonds. The summed E-state index contributed by atoms with van der Waals surface area (Å²) in [5.41, 5.74) is 2.65. The van der Waals surface area contributed by atoms with E-state index in [0.717, 1.165) is 18.5 Å². The van der Waals surface area contributed by atoms with Crippen molar-refractivity contribution in [2.75, 3.05) is 6.54 Å². The molecule has 5 nitrogen and oxygen atoms in total. The summed E-state index contributed by atoms with van der Waals surface area (Å²) < 4.78 is 0. The smallest absolute Gasteiger partial charge is 0.303 e. The fourth-order valence-electron chi connectivity index (χ4n) is 2.44. The van der Waals surface area contributed by atoms with Crippen molar-refractivity contribution in [3.63, 3.8) is 0 Å². The van der Waals surface area contributed by atoms with Crippen molar-refractivity contribution in [1.29, 1.82) is 0 Å². The highest BCUT2D eigenvalue weighted by atomic mass is 32.1. The van der Waals surface area contributed by atoms with Crippen molar-refractivity contribution in [2.24, 2.45) is 0 Å². The molecule has 2 N–H and O–H groups in total. The zero-order valence-electron chi connectivity index (χ0n) is 10.7. The van der Waals surface area contributed by atoms with Gasteiger partial charge in [-0.05, 0) is 19.3 Å². The number of nitrogens with one attached hydrogen (secondary N) is 1. The molecule has 1 aliphatic carbocycles. The summed E-state index contributed by atoms with van der Waals surface area (Å²) in [5.74, 6) is -0.528. The Morgan fingerprint density at radius 2 is 2.16 bits per heavy atom. The van der Waals surface area contributed by atoms with Gasteiger partial charge in [-0.3, -0.25) is 9.59 Å². The predicted octanol–water partition coefficient (Wildman–Crippen LogP) is 2.40. The van der Waals surface area contributed by atoms with E-state index in [2.05, 4.69) is 10.3 Å². The van der Waals surface area contributed by atoms with E-state index in [1.165, 1.54) is 24.2 Å². The molecule has 1 aliphatic rings. The highest BCUT2D eigenvalue weighted by molar-refractivity contribution is 7.11. The van der Waals surface area contributed by atoms with Crippen molar-refractivity contribution < 1.29 is 14.7 Å². The van der Waals surface area contributed by atoms with Crippen LogP contribution < -0.4 is 5.32 Å². The molecule has 1 heterocycles. The van der Waals surface area contributed by atoms with Gasteiger partial charge in [-0.1, -0.05) is 12.8 Å². The number of aromatic nitrogens is 1. The van der Waals surface area contributed by atoms with Crippen LogP contribution in [0.15, 0.2) is 5.51 Å². The molecular formula is C13H18N2O3S. The average Bonchev–Trinajstić information content (AvgIpc) is 3.02. The third kappa shape index (κ3) is 3.76. The van der Waals surface area contributed by atoms with E-state index in [9.17, 15) is 9.59 Å². The Morgan fingerprint density at radius 1 is 1.42 bits per heavy atom. The summed E-state index contributed by atoms with van der Waals surface area (Å²) in [6, 6.07) is 0. The van der Waals surface area contributed by atoms with Crippen molar-refractivity contribution in [3.05, 3.63) is 16.1 Å². The van der Waals surface area contributed by atoms with E-state index in [0.29, 0.717) is 23.8 Å². The topological polar surface area (TPSA) is 79.3 Å². The van der Waals surface area contributed by atoms with Gasteiger partial charge in [-0.2, -0.15) is 0 Å². The van der Waals surface area contributed by atoms with Gasteiger partial charge in [-0.15, -0.1) is 11.3 Å². The van der Waals surface area contributed by atoms with E-state index in [-0.39, 0.29) is 12.3 Å². The number of carboxylic acid groups (broad SMARTS) is 1. The molecule has 0 spiro atoms. The van der Waals surface area contributed by atoms with Crippen LogP contribution in [0.2, 0.25) is 0 Å². The lowest BCUT2D eigenvalue weighted by atomic mass is 10.0. The third-order valence-corrected chi connectivity index (χ3v) is 4.24. The summed E-state index contributed by atoms with van der Waals surface area (Å²) in [4.78, 5) is 27.5. The number of carbonyl (C=O) groups excluding carboxylic acids is 1. The monoisotopic (exact) mass is 282 g/mol. The first kappa shape index (κ1) is 14.0. The lowest BCUT2D eigenvalue weighted by Gasteiger charge is -2.09. The molecule has 0 atom stereocenters. The highest BCUT2D eigenvalue weighted by Crippen LogP contribution is 2.36. The van der Waals surface area contributed by atoms with Crippen LogP contribution in [-0.4, -0.2) is 28.5 Å². The fourth-order valence-corrected chi connectivity index (χ4v) is 3.23. The van der Waals surface area contributed by atoms with Crippen LogP contribution in [0.1, 0.15) is 59.8 Å². The van der Waals surface area contributed by atoms with E-state index in [4.69, 9.17) is 5.11 Å². The quantitative estimate of drug-likeness (QED) is 0.785. The Labute approximate surface area is 116 Å². The minimum atomic E-state index is -0.835. The number of carbonyl (C=O) groups is 2. The number of amides is 1. The Balaban J connectivity index is 1.88. The highest BCUT2D eigenvalue weighted by Gasteiger charge is 2.25. The maximum Gasteiger partial charge on any atom is 0.303 e. The van der Waals surface area contributed by atoms with Crippen LogP contribution in [-0.2, 0) is 4.79 Å². The molecule has 104 valence electrons. The molecule has 0 aliphatic heterocycles. The third-order valence-electron chi connectivity index (χ3n) is 3.40. The summed E-state index contributed by atoms with van der Waals surface area (Å²) in [6.07, 6.45) is 5.19. The van der Waals surface area contributed by atoms with Gasteiger partial charge in [0.05, 0.1) is 11.2 Å². The van der Waals surface area contributed by atoms with Crippen LogP contribution in [0.25, 0.3) is 0 Å². The van der Waals surface area contributed by atoms with Gasteiger partial charge in [0, 0.05) is 18.9 Å². The molecule has 1 fully saturated rings. The molecule has 0 bridgehead atoms. The van der Waals surface area contributed by atoms with Gasteiger partial charge in [0.25, 0.3) is 5.91 Å². The molecule has 19 heavy (non-hydrogen) atoms. The number of hydrogen-bond donors (Lipinski definition) is 2. The van der Waals surface area contributed by atoms with E-state index in [1.54, 1.807) is 5.51 Å². The second kappa shape index (κ2) is 6.65. The van der Waals surface area contributed by atoms with E-state index in [1.807, 2.05) is 0 Å². The van der Waals surface area contributed by atoms with Crippen molar-refractivity contribution in [2.45, 2.75) is 44.4 Å². The van der Waals surface area contributed by atoms with Gasteiger partial charge >= 0.3 is 5.97 Å². The maximum absolute atomic E-state index is 12.0. The average molecular weight is 282 g/mol. The van der Waals surface area contributed by atoms with E-state index >= 15 is 0 Å². The zero-order chi connectivity index (χ0) is 13.7. The molecule has 2 rings (SSSR count). The van der Waals surface area contributed by atoms with Gasteiger partial charge in [-0.25, -0.2) is 4.98 Å². The number of hydrogen-bond acceptors (Lipinski definition) is 4. The zero-order valence-corrected chi connectivity index (χ0v) is 11.5. The largest absolute Gasteiger partial charge is 0.481 e. The normalized spacial score (nSPS) is 15.6. The summed E-state index contributed by atoms with van der Waals surface area (Å²) in [7, 11) is 0. The van der Waals surface area contributed by atoms with Crippen molar-refractivity contribution in [3.8, 4) is 0 Å². The molecule has 1 aromatic heterocycles. The molecule has 0 radical (unpaired) electrons. The van der Waals surface area contributed by atoms with Gasteiger partial charge in [0.1, 0.15) is 4.88 Å². The Kier molecular flexibility index (Phi) is 4.90. The molecule has 0 unspecified atom stereocenters.